The minimum Gasteiger partial charge on any atom is -0.506 e. The summed E-state index contributed by atoms with van der Waals surface area (Å²) in [6.07, 6.45) is 1.51. The fourth-order valence-corrected chi connectivity index (χ4v) is 4.65. The molecule has 0 fully saturated rings. The van der Waals surface area contributed by atoms with Crippen LogP contribution in [-0.2, 0) is 10.0 Å². The lowest BCUT2D eigenvalue weighted by molar-refractivity contribution is 0.478. The Morgan fingerprint density at radius 1 is 0.938 bits per heavy atom. The number of nitrogens with one attached hydrogen (secondary N) is 1. The summed E-state index contributed by atoms with van der Waals surface area (Å²) in [5, 5.41) is 18.4. The van der Waals surface area contributed by atoms with Crippen molar-refractivity contribution in [1.29, 1.82) is 0 Å². The van der Waals surface area contributed by atoms with Gasteiger partial charge in [0.2, 0.25) is 0 Å². The molecule has 32 heavy (non-hydrogen) atoms. The van der Waals surface area contributed by atoms with Crippen molar-refractivity contribution in [3.63, 3.8) is 0 Å². The molecule has 0 radical (unpaired) electrons. The number of fused-ring (bicyclic) bond motifs is 2. The van der Waals surface area contributed by atoms with Crippen LogP contribution in [-0.4, -0.2) is 30.3 Å². The molecule has 5 rings (SSSR count). The zero-order chi connectivity index (χ0) is 22.3. The number of hydrogen-bond acceptors (Lipinski definition) is 6. The Kier molecular flexibility index (Phi) is 4.60. The Hall–Kier alpha value is -4.24. The van der Waals surface area contributed by atoms with Crippen LogP contribution in [0.25, 0.3) is 10.9 Å². The van der Waals surface area contributed by atoms with E-state index in [2.05, 4.69) is 14.8 Å². The molecule has 8 nitrogen and oxygen atoms in total. The van der Waals surface area contributed by atoms with Crippen molar-refractivity contribution in [3.05, 3.63) is 100 Å². The molecule has 0 aliphatic carbocycles. The van der Waals surface area contributed by atoms with E-state index in [1.165, 1.54) is 12.3 Å². The van der Waals surface area contributed by atoms with Gasteiger partial charge in [0.1, 0.15) is 16.2 Å². The molecular weight excluding hydrogens is 428 g/mol. The van der Waals surface area contributed by atoms with Crippen LogP contribution in [0.2, 0.25) is 0 Å². The minimum absolute atomic E-state index is 0.00791. The van der Waals surface area contributed by atoms with Gasteiger partial charge >= 0.3 is 0 Å². The van der Waals surface area contributed by atoms with Crippen molar-refractivity contribution in [1.82, 2.24) is 4.68 Å². The number of hydrogen-bond donors (Lipinski definition) is 2. The van der Waals surface area contributed by atoms with Crippen LogP contribution >= 0.6 is 0 Å². The molecule has 2 heterocycles. The molecule has 0 atom stereocenters. The summed E-state index contributed by atoms with van der Waals surface area (Å²) in [7, 11) is -4.07. The maximum atomic E-state index is 13.4. The summed E-state index contributed by atoms with van der Waals surface area (Å²) in [6, 6.07) is 22.1. The van der Waals surface area contributed by atoms with Gasteiger partial charge in [0.05, 0.1) is 17.4 Å². The van der Waals surface area contributed by atoms with E-state index in [1.807, 2.05) is 30.3 Å². The molecule has 4 aromatic rings. The summed E-state index contributed by atoms with van der Waals surface area (Å²) in [5.74, 6) is -0.641. The van der Waals surface area contributed by atoms with Crippen LogP contribution < -0.4 is 10.9 Å². The monoisotopic (exact) mass is 444 g/mol. The SMILES string of the molecule is O=c1c(C2=NS(=O)(=O)c3ccccc3N2)c(O)c2ccccc2n1/N=C/c1ccccc1. The Labute approximate surface area is 182 Å². The minimum atomic E-state index is -4.07. The quantitative estimate of drug-likeness (QED) is 0.471. The molecule has 1 aliphatic heterocycles. The lowest BCUT2D eigenvalue weighted by atomic mass is 10.1. The maximum Gasteiger partial charge on any atom is 0.286 e. The standard InChI is InChI=1S/C23H16N4O4S/c28-21-16-10-4-6-12-18(16)27(24-14-15-8-2-1-3-9-15)23(29)20(21)22-25-17-11-5-7-13-19(17)32(30,31)26-22/h1-14,28H,(H,25,26)/b24-14+. The molecule has 0 unspecified atom stereocenters. The molecule has 3 aromatic carbocycles. The van der Waals surface area contributed by atoms with Crippen molar-refractivity contribution in [2.75, 3.05) is 5.32 Å². The normalized spacial score (nSPS) is 14.7. The van der Waals surface area contributed by atoms with Crippen molar-refractivity contribution >= 4 is 38.7 Å². The molecule has 1 aliphatic rings. The number of benzene rings is 3. The molecule has 1 aromatic heterocycles. The summed E-state index contributed by atoms with van der Waals surface area (Å²) in [5.41, 5.74) is 0.401. The van der Waals surface area contributed by atoms with Crippen molar-refractivity contribution in [3.8, 4) is 5.75 Å². The van der Waals surface area contributed by atoms with Gasteiger partial charge in [0, 0.05) is 5.39 Å². The van der Waals surface area contributed by atoms with Gasteiger partial charge in [-0.3, -0.25) is 4.79 Å². The highest BCUT2D eigenvalue weighted by atomic mass is 32.2. The molecular formula is C23H16N4O4S. The molecule has 2 N–H and O–H groups in total. The van der Waals surface area contributed by atoms with Crippen LogP contribution in [0, 0.1) is 0 Å². The van der Waals surface area contributed by atoms with Gasteiger partial charge in [-0.15, -0.1) is 4.40 Å². The molecule has 158 valence electrons. The van der Waals surface area contributed by atoms with Crippen LogP contribution in [0.1, 0.15) is 11.1 Å². The molecule has 0 amide bonds. The second-order valence-electron chi connectivity index (χ2n) is 7.05. The number of aromatic nitrogens is 1. The van der Waals surface area contributed by atoms with Gasteiger partial charge < -0.3 is 10.4 Å². The number of sulfonamides is 1. The predicted molar refractivity (Wildman–Crippen MR) is 123 cm³/mol. The fraction of sp³-hybridized carbons (Fsp3) is 0. The average Bonchev–Trinajstić information content (AvgIpc) is 2.79. The number of aromatic hydroxyl groups is 1. The van der Waals surface area contributed by atoms with E-state index in [-0.39, 0.29) is 27.7 Å². The van der Waals surface area contributed by atoms with E-state index in [9.17, 15) is 18.3 Å². The first-order valence-corrected chi connectivity index (χ1v) is 11.1. The lowest BCUT2D eigenvalue weighted by Crippen LogP contribution is -2.31. The van der Waals surface area contributed by atoms with E-state index in [0.717, 1.165) is 10.2 Å². The number of nitrogens with zero attached hydrogens (tertiary/aromatic N) is 3. The first-order valence-electron chi connectivity index (χ1n) is 9.63. The average molecular weight is 444 g/mol. The highest BCUT2D eigenvalue weighted by Gasteiger charge is 2.29. The van der Waals surface area contributed by atoms with Gasteiger partial charge in [-0.1, -0.05) is 54.6 Å². The molecule has 0 bridgehead atoms. The van der Waals surface area contributed by atoms with E-state index in [4.69, 9.17) is 0 Å². The number of pyridine rings is 1. The summed E-state index contributed by atoms with van der Waals surface area (Å²) >= 11 is 0. The van der Waals surface area contributed by atoms with E-state index < -0.39 is 15.6 Å². The van der Waals surface area contributed by atoms with E-state index in [1.54, 1.807) is 42.5 Å². The third kappa shape index (κ3) is 3.25. The molecule has 0 saturated heterocycles. The zero-order valence-corrected chi connectivity index (χ0v) is 17.3. The topological polar surface area (TPSA) is 113 Å². The summed E-state index contributed by atoms with van der Waals surface area (Å²) in [4.78, 5) is 13.4. The number of rotatable bonds is 3. The van der Waals surface area contributed by atoms with Gasteiger partial charge in [-0.25, -0.2) is 0 Å². The predicted octanol–water partition coefficient (Wildman–Crippen LogP) is 3.15. The van der Waals surface area contributed by atoms with Gasteiger partial charge in [-0.05, 0) is 29.8 Å². The van der Waals surface area contributed by atoms with Gasteiger partial charge in [0.25, 0.3) is 15.6 Å². The van der Waals surface area contributed by atoms with E-state index >= 15 is 0 Å². The molecule has 0 spiro atoms. The first-order chi connectivity index (χ1) is 15.5. The summed E-state index contributed by atoms with van der Waals surface area (Å²) in [6.45, 7) is 0. The molecule has 9 heteroatoms. The lowest BCUT2D eigenvalue weighted by Gasteiger charge is -2.19. The maximum absolute atomic E-state index is 13.4. The Morgan fingerprint density at radius 2 is 1.62 bits per heavy atom. The van der Waals surface area contributed by atoms with Gasteiger partial charge in [0.15, 0.2) is 5.84 Å². The smallest absolute Gasteiger partial charge is 0.286 e. The zero-order valence-electron chi connectivity index (χ0n) is 16.5. The number of para-hydroxylation sites is 2. The van der Waals surface area contributed by atoms with Crippen LogP contribution in [0.15, 0.2) is 98.1 Å². The third-order valence-corrected chi connectivity index (χ3v) is 6.35. The van der Waals surface area contributed by atoms with Crippen LogP contribution in [0.3, 0.4) is 0 Å². The Morgan fingerprint density at radius 3 is 2.44 bits per heavy atom. The van der Waals surface area contributed by atoms with Crippen molar-refractivity contribution in [2.24, 2.45) is 9.50 Å². The van der Waals surface area contributed by atoms with Crippen LogP contribution in [0.5, 0.6) is 5.75 Å². The highest BCUT2D eigenvalue weighted by molar-refractivity contribution is 7.90. The highest BCUT2D eigenvalue weighted by Crippen LogP contribution is 2.32. The Balaban J connectivity index is 1.76. The second kappa shape index (κ2) is 7.47. The molecule has 0 saturated carbocycles. The number of amidine groups is 1. The Bertz CT molecular complexity index is 1590. The van der Waals surface area contributed by atoms with Gasteiger partial charge in [-0.2, -0.15) is 18.2 Å². The first kappa shape index (κ1) is 19.7. The largest absolute Gasteiger partial charge is 0.506 e. The fourth-order valence-electron chi connectivity index (χ4n) is 3.52. The van der Waals surface area contributed by atoms with E-state index in [0.29, 0.717) is 10.9 Å². The number of anilines is 1. The summed E-state index contributed by atoms with van der Waals surface area (Å²) < 4.78 is 30.3. The second-order valence-corrected chi connectivity index (χ2v) is 8.62. The van der Waals surface area contributed by atoms with Crippen LogP contribution in [0.4, 0.5) is 5.69 Å². The van der Waals surface area contributed by atoms with Crippen molar-refractivity contribution in [2.45, 2.75) is 4.90 Å². The third-order valence-electron chi connectivity index (χ3n) is 5.02. The van der Waals surface area contributed by atoms with Crippen molar-refractivity contribution < 1.29 is 13.5 Å².